The minimum atomic E-state index is 0.165. The smallest absolute Gasteiger partial charge is 0.116 e. The molecule has 0 radical (unpaired) electrons. The van der Waals surface area contributed by atoms with E-state index in [1.54, 1.807) is 11.3 Å². The largest absolute Gasteiger partial charge is 0.313 e. The summed E-state index contributed by atoms with van der Waals surface area (Å²) in [7, 11) is 0. The lowest BCUT2D eigenvalue weighted by atomic mass is 9.93. The predicted molar refractivity (Wildman–Crippen MR) is 70.9 cm³/mol. The van der Waals surface area contributed by atoms with Crippen LogP contribution in [0.4, 0.5) is 0 Å². The van der Waals surface area contributed by atoms with Gasteiger partial charge in [0, 0.05) is 17.3 Å². The molecule has 0 spiro atoms. The molecule has 1 fully saturated rings. The SMILES string of the molecule is CC(C)(C)c1csc(C=C2CCCNC2)n1. The van der Waals surface area contributed by atoms with Gasteiger partial charge in [-0.05, 0) is 25.5 Å². The number of nitrogens with one attached hydrogen (secondary N) is 1. The van der Waals surface area contributed by atoms with Crippen LogP contribution in [0.5, 0.6) is 0 Å². The van der Waals surface area contributed by atoms with Crippen molar-refractivity contribution in [2.75, 3.05) is 13.1 Å². The van der Waals surface area contributed by atoms with Gasteiger partial charge in [-0.3, -0.25) is 0 Å². The van der Waals surface area contributed by atoms with Crippen molar-refractivity contribution < 1.29 is 0 Å². The molecule has 0 saturated carbocycles. The van der Waals surface area contributed by atoms with Gasteiger partial charge in [-0.15, -0.1) is 11.3 Å². The van der Waals surface area contributed by atoms with Gasteiger partial charge in [0.05, 0.1) is 5.69 Å². The average molecular weight is 236 g/mol. The summed E-state index contributed by atoms with van der Waals surface area (Å²) in [5.41, 5.74) is 2.85. The molecule has 0 aromatic carbocycles. The molecular formula is C13H20N2S. The second kappa shape index (κ2) is 4.68. The molecule has 0 amide bonds. The number of rotatable bonds is 1. The third kappa shape index (κ3) is 2.92. The minimum absolute atomic E-state index is 0.165. The first-order valence-corrected chi connectivity index (χ1v) is 6.80. The Balaban J connectivity index is 2.13. The fourth-order valence-corrected chi connectivity index (χ4v) is 2.80. The molecule has 88 valence electrons. The van der Waals surface area contributed by atoms with Crippen LogP contribution in [0.1, 0.15) is 44.3 Å². The third-order valence-corrected chi connectivity index (χ3v) is 3.61. The van der Waals surface area contributed by atoms with E-state index in [2.05, 4.69) is 42.5 Å². The Hall–Kier alpha value is -0.670. The maximum absolute atomic E-state index is 4.69. The Bertz CT molecular complexity index is 377. The average Bonchev–Trinajstić information content (AvgIpc) is 2.67. The van der Waals surface area contributed by atoms with Crippen molar-refractivity contribution in [2.45, 2.75) is 39.0 Å². The minimum Gasteiger partial charge on any atom is -0.313 e. The molecule has 0 aliphatic carbocycles. The highest BCUT2D eigenvalue weighted by Gasteiger charge is 2.17. The molecule has 1 aliphatic heterocycles. The van der Waals surface area contributed by atoms with E-state index in [1.165, 1.54) is 24.1 Å². The van der Waals surface area contributed by atoms with E-state index in [0.717, 1.165) is 18.1 Å². The number of nitrogens with zero attached hydrogens (tertiary/aromatic N) is 1. The first-order chi connectivity index (χ1) is 7.55. The molecule has 1 saturated heterocycles. The van der Waals surface area contributed by atoms with E-state index < -0.39 is 0 Å². The zero-order chi connectivity index (χ0) is 11.6. The second-order valence-electron chi connectivity index (χ2n) is 5.40. The van der Waals surface area contributed by atoms with Crippen LogP contribution < -0.4 is 5.32 Å². The lowest BCUT2D eigenvalue weighted by molar-refractivity contribution is 0.572. The summed E-state index contributed by atoms with van der Waals surface area (Å²) in [5.74, 6) is 0. The molecule has 0 atom stereocenters. The van der Waals surface area contributed by atoms with Gasteiger partial charge >= 0.3 is 0 Å². The summed E-state index contributed by atoms with van der Waals surface area (Å²) >= 11 is 1.75. The van der Waals surface area contributed by atoms with Gasteiger partial charge in [0.15, 0.2) is 0 Å². The van der Waals surface area contributed by atoms with E-state index in [0.29, 0.717) is 0 Å². The Kier molecular flexibility index (Phi) is 3.45. The molecule has 2 nitrogen and oxygen atoms in total. The van der Waals surface area contributed by atoms with Crippen LogP contribution in [-0.4, -0.2) is 18.1 Å². The van der Waals surface area contributed by atoms with E-state index in [9.17, 15) is 0 Å². The number of hydrogen-bond acceptors (Lipinski definition) is 3. The summed E-state index contributed by atoms with van der Waals surface area (Å²) in [6.07, 6.45) is 4.73. The zero-order valence-electron chi connectivity index (χ0n) is 10.3. The zero-order valence-corrected chi connectivity index (χ0v) is 11.2. The Morgan fingerprint density at radius 1 is 1.44 bits per heavy atom. The van der Waals surface area contributed by atoms with Crippen LogP contribution in [0.25, 0.3) is 6.08 Å². The van der Waals surface area contributed by atoms with E-state index in [-0.39, 0.29) is 5.41 Å². The molecule has 2 heterocycles. The fraction of sp³-hybridized carbons (Fsp3) is 0.615. The van der Waals surface area contributed by atoms with Crippen molar-refractivity contribution in [1.82, 2.24) is 10.3 Å². The van der Waals surface area contributed by atoms with Crippen LogP contribution in [0.2, 0.25) is 0 Å². The standard InChI is InChI=1S/C13H20N2S/c1-13(2,3)11-9-16-12(15-11)7-10-5-4-6-14-8-10/h7,9,14H,4-6,8H2,1-3H3. The summed E-state index contributed by atoms with van der Waals surface area (Å²) in [5, 5.41) is 6.74. The number of aromatic nitrogens is 1. The van der Waals surface area contributed by atoms with Crippen LogP contribution >= 0.6 is 11.3 Å². The van der Waals surface area contributed by atoms with Crippen molar-refractivity contribution >= 4 is 17.4 Å². The molecule has 1 N–H and O–H groups in total. The summed E-state index contributed by atoms with van der Waals surface area (Å²) in [6, 6.07) is 0. The van der Waals surface area contributed by atoms with Crippen molar-refractivity contribution in [3.63, 3.8) is 0 Å². The fourth-order valence-electron chi connectivity index (χ4n) is 1.77. The first-order valence-electron chi connectivity index (χ1n) is 5.92. The molecule has 3 heteroatoms. The molecular weight excluding hydrogens is 216 g/mol. The van der Waals surface area contributed by atoms with E-state index in [1.807, 2.05) is 0 Å². The number of piperidine rings is 1. The Labute approximate surface area is 102 Å². The first kappa shape index (κ1) is 11.8. The van der Waals surface area contributed by atoms with Gasteiger partial charge in [0.1, 0.15) is 5.01 Å². The van der Waals surface area contributed by atoms with Gasteiger partial charge in [0.25, 0.3) is 0 Å². The van der Waals surface area contributed by atoms with Crippen molar-refractivity contribution in [3.05, 3.63) is 21.7 Å². The highest BCUT2D eigenvalue weighted by molar-refractivity contribution is 7.10. The maximum Gasteiger partial charge on any atom is 0.116 e. The topological polar surface area (TPSA) is 24.9 Å². The third-order valence-electron chi connectivity index (χ3n) is 2.82. The van der Waals surface area contributed by atoms with Crippen molar-refractivity contribution in [3.8, 4) is 0 Å². The molecule has 1 aliphatic rings. The van der Waals surface area contributed by atoms with Crippen LogP contribution in [0.3, 0.4) is 0 Å². The van der Waals surface area contributed by atoms with E-state index in [4.69, 9.17) is 0 Å². The summed E-state index contributed by atoms with van der Waals surface area (Å²) < 4.78 is 0. The number of hydrogen-bond donors (Lipinski definition) is 1. The summed E-state index contributed by atoms with van der Waals surface area (Å²) in [6.45, 7) is 8.82. The van der Waals surface area contributed by atoms with Crippen molar-refractivity contribution in [2.24, 2.45) is 0 Å². The molecule has 1 aromatic heterocycles. The van der Waals surface area contributed by atoms with Crippen molar-refractivity contribution in [1.29, 1.82) is 0 Å². The second-order valence-corrected chi connectivity index (χ2v) is 6.29. The van der Waals surface area contributed by atoms with Gasteiger partial charge in [0.2, 0.25) is 0 Å². The quantitative estimate of drug-likeness (QED) is 0.810. The highest BCUT2D eigenvalue weighted by Crippen LogP contribution is 2.25. The normalized spacial score (nSPS) is 20.3. The van der Waals surface area contributed by atoms with E-state index >= 15 is 0 Å². The summed E-state index contributed by atoms with van der Waals surface area (Å²) in [4.78, 5) is 4.69. The van der Waals surface area contributed by atoms with Gasteiger partial charge in [-0.1, -0.05) is 26.3 Å². The Morgan fingerprint density at radius 3 is 2.81 bits per heavy atom. The predicted octanol–water partition coefficient (Wildman–Crippen LogP) is 3.21. The Morgan fingerprint density at radius 2 is 2.25 bits per heavy atom. The van der Waals surface area contributed by atoms with Gasteiger partial charge in [-0.2, -0.15) is 0 Å². The molecule has 1 aromatic rings. The molecule has 16 heavy (non-hydrogen) atoms. The van der Waals surface area contributed by atoms with Crippen LogP contribution in [0, 0.1) is 0 Å². The molecule has 0 bridgehead atoms. The maximum atomic E-state index is 4.69. The van der Waals surface area contributed by atoms with Crippen LogP contribution in [-0.2, 0) is 5.41 Å². The monoisotopic (exact) mass is 236 g/mol. The van der Waals surface area contributed by atoms with Crippen LogP contribution in [0.15, 0.2) is 11.0 Å². The molecule has 2 rings (SSSR count). The molecule has 0 unspecified atom stereocenters. The van der Waals surface area contributed by atoms with Gasteiger partial charge < -0.3 is 5.32 Å². The van der Waals surface area contributed by atoms with Gasteiger partial charge in [-0.25, -0.2) is 4.98 Å². The lowest BCUT2D eigenvalue weighted by Crippen LogP contribution is -2.23. The lowest BCUT2D eigenvalue weighted by Gasteiger charge is -2.15. The highest BCUT2D eigenvalue weighted by atomic mass is 32.1. The number of thiazole rings is 1.